The SMILES string of the molecule is CCCCCC(=O)CCC1OC1C(=O)OC. The Kier molecular flexibility index (Phi) is 5.46. The van der Waals surface area contributed by atoms with Crippen molar-refractivity contribution < 1.29 is 19.1 Å². The van der Waals surface area contributed by atoms with E-state index in [2.05, 4.69) is 11.7 Å². The number of epoxide rings is 1. The van der Waals surface area contributed by atoms with Gasteiger partial charge < -0.3 is 9.47 Å². The summed E-state index contributed by atoms with van der Waals surface area (Å²) in [6.07, 6.45) is 4.51. The second kappa shape index (κ2) is 6.63. The van der Waals surface area contributed by atoms with Gasteiger partial charge in [-0.2, -0.15) is 0 Å². The number of rotatable bonds is 8. The first-order valence-electron chi connectivity index (χ1n) is 5.94. The third-order valence-electron chi connectivity index (χ3n) is 2.78. The van der Waals surface area contributed by atoms with Crippen molar-refractivity contribution in [2.75, 3.05) is 7.11 Å². The maximum atomic E-state index is 11.4. The van der Waals surface area contributed by atoms with Gasteiger partial charge in [-0.05, 0) is 12.8 Å². The summed E-state index contributed by atoms with van der Waals surface area (Å²) in [5.74, 6) is -0.0593. The molecule has 1 aliphatic heterocycles. The van der Waals surface area contributed by atoms with E-state index in [-0.39, 0.29) is 17.9 Å². The highest BCUT2D eigenvalue weighted by atomic mass is 16.6. The zero-order chi connectivity index (χ0) is 12.0. The molecule has 1 fully saturated rings. The first kappa shape index (κ1) is 13.2. The normalized spacial score (nSPS) is 22.9. The third kappa shape index (κ3) is 4.31. The quantitative estimate of drug-likeness (QED) is 0.361. The molecular formula is C12H20O4. The number of esters is 1. The smallest absolute Gasteiger partial charge is 0.337 e. The molecule has 0 N–H and O–H groups in total. The molecule has 16 heavy (non-hydrogen) atoms. The lowest BCUT2D eigenvalue weighted by atomic mass is 10.1. The molecule has 0 aromatic carbocycles. The molecule has 0 bridgehead atoms. The van der Waals surface area contributed by atoms with Crippen LogP contribution >= 0.6 is 0 Å². The Labute approximate surface area is 96.3 Å². The molecule has 0 amide bonds. The van der Waals surface area contributed by atoms with Crippen molar-refractivity contribution in [3.63, 3.8) is 0 Å². The van der Waals surface area contributed by atoms with Crippen LogP contribution in [-0.4, -0.2) is 31.1 Å². The van der Waals surface area contributed by atoms with Crippen LogP contribution in [0.25, 0.3) is 0 Å². The summed E-state index contributed by atoms with van der Waals surface area (Å²) in [5, 5.41) is 0. The number of carbonyl (C=O) groups is 2. The minimum Gasteiger partial charge on any atom is -0.467 e. The van der Waals surface area contributed by atoms with E-state index < -0.39 is 6.10 Å². The van der Waals surface area contributed by atoms with Crippen molar-refractivity contribution in [2.24, 2.45) is 0 Å². The largest absolute Gasteiger partial charge is 0.467 e. The number of unbranched alkanes of at least 4 members (excludes halogenated alkanes) is 2. The molecule has 0 spiro atoms. The number of ketones is 1. The zero-order valence-corrected chi connectivity index (χ0v) is 10.0. The lowest BCUT2D eigenvalue weighted by molar-refractivity contribution is -0.142. The van der Waals surface area contributed by atoms with E-state index in [1.807, 2.05) is 0 Å². The van der Waals surface area contributed by atoms with Gasteiger partial charge in [-0.25, -0.2) is 4.79 Å². The van der Waals surface area contributed by atoms with Gasteiger partial charge in [-0.1, -0.05) is 19.8 Å². The average Bonchev–Trinajstić information content (AvgIpc) is 3.05. The van der Waals surface area contributed by atoms with E-state index >= 15 is 0 Å². The summed E-state index contributed by atoms with van der Waals surface area (Å²) in [4.78, 5) is 22.4. The van der Waals surface area contributed by atoms with Crippen LogP contribution in [0.2, 0.25) is 0 Å². The average molecular weight is 228 g/mol. The van der Waals surface area contributed by atoms with Crippen LogP contribution < -0.4 is 0 Å². The molecule has 0 radical (unpaired) electrons. The predicted octanol–water partition coefficient (Wildman–Crippen LogP) is 1.86. The number of carbonyl (C=O) groups excluding carboxylic acids is 2. The van der Waals surface area contributed by atoms with Crippen LogP contribution in [0.3, 0.4) is 0 Å². The Morgan fingerprint density at radius 1 is 1.25 bits per heavy atom. The van der Waals surface area contributed by atoms with Crippen LogP contribution in [0.4, 0.5) is 0 Å². The summed E-state index contributed by atoms with van der Waals surface area (Å²) in [7, 11) is 1.34. The molecule has 0 saturated carbocycles. The predicted molar refractivity (Wildman–Crippen MR) is 59.1 cm³/mol. The number of Topliss-reactive ketones (excluding diaryl/α,β-unsaturated/α-hetero) is 1. The molecule has 4 heteroatoms. The highest BCUT2D eigenvalue weighted by molar-refractivity contribution is 5.80. The Morgan fingerprint density at radius 3 is 2.62 bits per heavy atom. The first-order chi connectivity index (χ1) is 7.69. The molecule has 2 unspecified atom stereocenters. The molecular weight excluding hydrogens is 208 g/mol. The van der Waals surface area contributed by atoms with E-state index in [1.54, 1.807) is 0 Å². The van der Waals surface area contributed by atoms with Crippen molar-refractivity contribution in [3.05, 3.63) is 0 Å². The Bertz CT molecular complexity index is 249. The second-order valence-corrected chi connectivity index (χ2v) is 4.15. The maximum absolute atomic E-state index is 11.4. The fraction of sp³-hybridized carbons (Fsp3) is 0.833. The van der Waals surface area contributed by atoms with Gasteiger partial charge in [-0.3, -0.25) is 4.79 Å². The van der Waals surface area contributed by atoms with Gasteiger partial charge in [0.05, 0.1) is 13.2 Å². The van der Waals surface area contributed by atoms with Crippen molar-refractivity contribution in [3.8, 4) is 0 Å². The fourth-order valence-electron chi connectivity index (χ4n) is 1.69. The third-order valence-corrected chi connectivity index (χ3v) is 2.78. The van der Waals surface area contributed by atoms with Crippen LogP contribution in [0.15, 0.2) is 0 Å². The van der Waals surface area contributed by atoms with Gasteiger partial charge in [0.25, 0.3) is 0 Å². The van der Waals surface area contributed by atoms with Gasteiger partial charge >= 0.3 is 5.97 Å². The van der Waals surface area contributed by atoms with E-state index in [1.165, 1.54) is 7.11 Å². The maximum Gasteiger partial charge on any atom is 0.337 e. The number of hydrogen-bond donors (Lipinski definition) is 0. The molecule has 0 aromatic rings. The van der Waals surface area contributed by atoms with Crippen LogP contribution in [0.1, 0.15) is 45.4 Å². The first-order valence-corrected chi connectivity index (χ1v) is 5.94. The molecule has 1 saturated heterocycles. The molecule has 1 rings (SSSR count). The Hall–Kier alpha value is -0.900. The minimum atomic E-state index is -0.423. The summed E-state index contributed by atoms with van der Waals surface area (Å²) >= 11 is 0. The van der Waals surface area contributed by atoms with E-state index in [4.69, 9.17) is 4.74 Å². The second-order valence-electron chi connectivity index (χ2n) is 4.15. The van der Waals surface area contributed by atoms with Gasteiger partial charge in [0, 0.05) is 12.8 Å². The Morgan fingerprint density at radius 2 is 2.00 bits per heavy atom. The van der Waals surface area contributed by atoms with Crippen molar-refractivity contribution >= 4 is 11.8 Å². The van der Waals surface area contributed by atoms with Gasteiger partial charge in [0.2, 0.25) is 0 Å². The highest BCUT2D eigenvalue weighted by Crippen LogP contribution is 2.27. The highest BCUT2D eigenvalue weighted by Gasteiger charge is 2.45. The summed E-state index contributed by atoms with van der Waals surface area (Å²) in [5.41, 5.74) is 0. The van der Waals surface area contributed by atoms with Gasteiger partial charge in [0.15, 0.2) is 6.10 Å². The van der Waals surface area contributed by atoms with Crippen LogP contribution in [0.5, 0.6) is 0 Å². The van der Waals surface area contributed by atoms with Gasteiger partial charge in [-0.15, -0.1) is 0 Å². The fourth-order valence-corrected chi connectivity index (χ4v) is 1.69. The lowest BCUT2D eigenvalue weighted by Gasteiger charge is -1.98. The topological polar surface area (TPSA) is 55.9 Å². The van der Waals surface area contributed by atoms with Crippen LogP contribution in [-0.2, 0) is 19.1 Å². The van der Waals surface area contributed by atoms with E-state index in [9.17, 15) is 9.59 Å². The molecule has 1 heterocycles. The number of methoxy groups -OCH3 is 1. The molecule has 92 valence electrons. The minimum absolute atomic E-state index is 0.0948. The molecule has 4 nitrogen and oxygen atoms in total. The van der Waals surface area contributed by atoms with Crippen molar-refractivity contribution in [2.45, 2.75) is 57.7 Å². The number of hydrogen-bond acceptors (Lipinski definition) is 4. The lowest BCUT2D eigenvalue weighted by Crippen LogP contribution is -2.12. The van der Waals surface area contributed by atoms with Crippen molar-refractivity contribution in [1.82, 2.24) is 0 Å². The monoisotopic (exact) mass is 228 g/mol. The zero-order valence-electron chi connectivity index (χ0n) is 10.0. The Balaban J connectivity index is 2.04. The van der Waals surface area contributed by atoms with Gasteiger partial charge in [0.1, 0.15) is 5.78 Å². The standard InChI is InChI=1S/C12H20O4/c1-3-4-5-6-9(13)7-8-10-11(16-10)12(14)15-2/h10-11H,3-8H2,1-2H3. The van der Waals surface area contributed by atoms with E-state index in [0.717, 1.165) is 19.3 Å². The molecule has 2 atom stereocenters. The van der Waals surface area contributed by atoms with Crippen LogP contribution in [0, 0.1) is 0 Å². The summed E-state index contributed by atoms with van der Waals surface area (Å²) in [6.45, 7) is 2.11. The molecule has 0 aromatic heterocycles. The van der Waals surface area contributed by atoms with E-state index in [0.29, 0.717) is 19.3 Å². The number of ether oxygens (including phenoxy) is 2. The molecule has 0 aliphatic carbocycles. The summed E-state index contributed by atoms with van der Waals surface area (Å²) in [6, 6.07) is 0. The summed E-state index contributed by atoms with van der Waals surface area (Å²) < 4.78 is 9.66. The van der Waals surface area contributed by atoms with Crippen molar-refractivity contribution in [1.29, 1.82) is 0 Å². The molecule has 1 aliphatic rings.